The van der Waals surface area contributed by atoms with E-state index < -0.39 is 0 Å². The average molecular weight is 228 g/mol. The van der Waals surface area contributed by atoms with Gasteiger partial charge in [-0.1, -0.05) is 40.5 Å². The smallest absolute Gasteiger partial charge is 0.311 e. The number of carbonyl (C=O) groups is 1. The van der Waals surface area contributed by atoms with Crippen LogP contribution >= 0.6 is 0 Å². The second kappa shape index (κ2) is 5.67. The van der Waals surface area contributed by atoms with E-state index in [4.69, 9.17) is 9.47 Å². The fourth-order valence-corrected chi connectivity index (χ4v) is 1.58. The molecule has 1 rings (SSSR count). The van der Waals surface area contributed by atoms with Gasteiger partial charge in [0, 0.05) is 0 Å². The number of epoxide rings is 1. The maximum atomic E-state index is 11.5. The maximum Gasteiger partial charge on any atom is 0.311 e. The summed E-state index contributed by atoms with van der Waals surface area (Å²) in [5.41, 5.74) is 0.394. The van der Waals surface area contributed by atoms with Crippen LogP contribution in [0.1, 0.15) is 53.4 Å². The van der Waals surface area contributed by atoms with Crippen molar-refractivity contribution in [3.8, 4) is 0 Å². The van der Waals surface area contributed by atoms with Crippen LogP contribution in [0.3, 0.4) is 0 Å². The molecule has 0 aromatic rings. The lowest BCUT2D eigenvalue weighted by atomic mass is 9.89. The minimum Gasteiger partial charge on any atom is -0.433 e. The van der Waals surface area contributed by atoms with Gasteiger partial charge in [0.05, 0.1) is 5.92 Å². The Morgan fingerprint density at radius 2 is 2.06 bits per heavy atom. The van der Waals surface area contributed by atoms with E-state index >= 15 is 0 Å². The van der Waals surface area contributed by atoms with E-state index in [1.54, 1.807) is 0 Å². The molecule has 1 saturated heterocycles. The number of rotatable bonds is 6. The molecule has 3 nitrogen and oxygen atoms in total. The monoisotopic (exact) mass is 228 g/mol. The molecule has 0 N–H and O–H groups in total. The third kappa shape index (κ3) is 6.11. The van der Waals surface area contributed by atoms with E-state index in [2.05, 4.69) is 20.8 Å². The summed E-state index contributed by atoms with van der Waals surface area (Å²) in [5.74, 6) is -0.109. The van der Waals surface area contributed by atoms with Crippen LogP contribution in [0, 0.1) is 11.3 Å². The van der Waals surface area contributed by atoms with Crippen LogP contribution < -0.4 is 0 Å². The van der Waals surface area contributed by atoms with Crippen molar-refractivity contribution in [3.05, 3.63) is 0 Å². The third-order valence-corrected chi connectivity index (χ3v) is 2.77. The predicted octanol–water partition coefficient (Wildman–Crippen LogP) is 3.13. The molecule has 3 heteroatoms. The zero-order valence-corrected chi connectivity index (χ0v) is 10.9. The number of carbonyl (C=O) groups excluding carboxylic acids is 1. The first-order chi connectivity index (χ1) is 7.38. The van der Waals surface area contributed by atoms with Crippen LogP contribution in [-0.4, -0.2) is 18.9 Å². The molecule has 0 aromatic carbocycles. The van der Waals surface area contributed by atoms with Gasteiger partial charge < -0.3 is 9.47 Å². The van der Waals surface area contributed by atoms with Gasteiger partial charge in [-0.3, -0.25) is 4.79 Å². The Kier molecular flexibility index (Phi) is 4.78. The Morgan fingerprint density at radius 1 is 1.44 bits per heavy atom. The van der Waals surface area contributed by atoms with Crippen LogP contribution in [0.15, 0.2) is 0 Å². The topological polar surface area (TPSA) is 38.8 Å². The molecule has 0 aromatic heterocycles. The maximum absolute atomic E-state index is 11.5. The van der Waals surface area contributed by atoms with E-state index in [1.165, 1.54) is 12.8 Å². The summed E-state index contributed by atoms with van der Waals surface area (Å²) >= 11 is 0. The van der Waals surface area contributed by atoms with E-state index in [9.17, 15) is 4.79 Å². The van der Waals surface area contributed by atoms with Crippen molar-refractivity contribution in [1.82, 2.24) is 0 Å². The molecular weight excluding hydrogens is 204 g/mol. The fourth-order valence-electron chi connectivity index (χ4n) is 1.58. The van der Waals surface area contributed by atoms with Gasteiger partial charge in [-0.15, -0.1) is 0 Å². The van der Waals surface area contributed by atoms with Gasteiger partial charge in [-0.25, -0.2) is 0 Å². The van der Waals surface area contributed by atoms with Gasteiger partial charge >= 0.3 is 5.97 Å². The Labute approximate surface area is 98.5 Å². The highest BCUT2D eigenvalue weighted by molar-refractivity contribution is 5.72. The Bertz CT molecular complexity index is 226. The molecule has 0 saturated carbocycles. The van der Waals surface area contributed by atoms with Crippen molar-refractivity contribution < 1.29 is 14.3 Å². The quantitative estimate of drug-likeness (QED) is 0.398. The van der Waals surface area contributed by atoms with Gasteiger partial charge in [0.1, 0.15) is 6.61 Å². The Hall–Kier alpha value is -0.570. The second-order valence-electron chi connectivity index (χ2n) is 5.91. The highest BCUT2D eigenvalue weighted by atomic mass is 16.8. The van der Waals surface area contributed by atoms with Crippen molar-refractivity contribution in [3.63, 3.8) is 0 Å². The molecule has 0 spiro atoms. The summed E-state index contributed by atoms with van der Waals surface area (Å²) < 4.78 is 9.92. The SMILES string of the molecule is CC(CCCCC(C)(C)C)C(=O)OC1CO1. The first-order valence-corrected chi connectivity index (χ1v) is 6.20. The minimum atomic E-state index is -0.246. The molecule has 0 bridgehead atoms. The van der Waals surface area contributed by atoms with Crippen LogP contribution in [0.2, 0.25) is 0 Å². The van der Waals surface area contributed by atoms with Crippen LogP contribution in [0.5, 0.6) is 0 Å². The number of hydrogen-bond donors (Lipinski definition) is 0. The molecule has 1 aliphatic rings. The second-order valence-corrected chi connectivity index (χ2v) is 5.91. The zero-order chi connectivity index (χ0) is 12.2. The number of esters is 1. The van der Waals surface area contributed by atoms with E-state index in [-0.39, 0.29) is 18.2 Å². The van der Waals surface area contributed by atoms with Crippen molar-refractivity contribution in [2.24, 2.45) is 11.3 Å². The third-order valence-electron chi connectivity index (χ3n) is 2.77. The molecular formula is C13H24O3. The number of hydrogen-bond acceptors (Lipinski definition) is 3. The summed E-state index contributed by atoms with van der Waals surface area (Å²) in [6.45, 7) is 9.24. The van der Waals surface area contributed by atoms with Gasteiger partial charge in [-0.2, -0.15) is 0 Å². The van der Waals surface area contributed by atoms with Gasteiger partial charge in [-0.05, 0) is 18.3 Å². The molecule has 1 fully saturated rings. The number of unbranched alkanes of at least 4 members (excludes halogenated alkanes) is 1. The Balaban J connectivity index is 2.04. The highest BCUT2D eigenvalue weighted by Crippen LogP contribution is 2.23. The van der Waals surface area contributed by atoms with Crippen LogP contribution in [0.25, 0.3) is 0 Å². The van der Waals surface area contributed by atoms with Crippen LogP contribution in [0.4, 0.5) is 0 Å². The van der Waals surface area contributed by atoms with Gasteiger partial charge in [0.2, 0.25) is 6.29 Å². The summed E-state index contributed by atoms with van der Waals surface area (Å²) in [5, 5.41) is 0. The van der Waals surface area contributed by atoms with Crippen molar-refractivity contribution in [2.45, 2.75) is 59.7 Å². The molecule has 0 aliphatic carbocycles. The van der Waals surface area contributed by atoms with E-state index in [1.807, 2.05) is 6.92 Å². The van der Waals surface area contributed by atoms with Crippen molar-refractivity contribution in [1.29, 1.82) is 0 Å². The van der Waals surface area contributed by atoms with Crippen molar-refractivity contribution >= 4 is 5.97 Å². The lowest BCUT2D eigenvalue weighted by molar-refractivity contribution is -0.153. The molecule has 16 heavy (non-hydrogen) atoms. The molecule has 0 amide bonds. The normalized spacial score (nSPS) is 21.6. The lowest BCUT2D eigenvalue weighted by Gasteiger charge is -2.18. The average Bonchev–Trinajstić information content (AvgIpc) is 2.94. The molecule has 94 valence electrons. The van der Waals surface area contributed by atoms with Gasteiger partial charge in [0.15, 0.2) is 0 Å². The lowest BCUT2D eigenvalue weighted by Crippen LogP contribution is -2.16. The summed E-state index contributed by atoms with van der Waals surface area (Å²) in [6.07, 6.45) is 4.16. The first-order valence-electron chi connectivity index (χ1n) is 6.20. The summed E-state index contributed by atoms with van der Waals surface area (Å²) in [6, 6.07) is 0. The molecule has 1 heterocycles. The highest BCUT2D eigenvalue weighted by Gasteiger charge is 2.29. The minimum absolute atomic E-state index is 0.00386. The summed E-state index contributed by atoms with van der Waals surface area (Å²) in [7, 11) is 0. The molecule has 2 unspecified atom stereocenters. The van der Waals surface area contributed by atoms with Crippen LogP contribution in [-0.2, 0) is 14.3 Å². The molecule has 0 radical (unpaired) electrons. The molecule has 2 atom stereocenters. The molecule has 1 aliphatic heterocycles. The standard InChI is InChI=1S/C13H24O3/c1-10(12(14)16-11-9-15-11)7-5-6-8-13(2,3)4/h10-11H,5-9H2,1-4H3. The predicted molar refractivity (Wildman–Crippen MR) is 62.9 cm³/mol. The number of ether oxygens (including phenoxy) is 2. The zero-order valence-electron chi connectivity index (χ0n) is 10.9. The largest absolute Gasteiger partial charge is 0.433 e. The van der Waals surface area contributed by atoms with Gasteiger partial charge in [0.25, 0.3) is 0 Å². The van der Waals surface area contributed by atoms with E-state index in [0.717, 1.165) is 12.8 Å². The summed E-state index contributed by atoms with van der Waals surface area (Å²) in [4.78, 5) is 11.5. The van der Waals surface area contributed by atoms with Crippen molar-refractivity contribution in [2.75, 3.05) is 6.61 Å². The fraction of sp³-hybridized carbons (Fsp3) is 0.923. The first kappa shape index (κ1) is 13.5. The van der Waals surface area contributed by atoms with E-state index in [0.29, 0.717) is 12.0 Å². The Morgan fingerprint density at radius 3 is 2.56 bits per heavy atom.